The fourth-order valence-corrected chi connectivity index (χ4v) is 3.05. The lowest BCUT2D eigenvalue weighted by molar-refractivity contribution is 0.256. The Kier molecular flexibility index (Phi) is 4.60. The summed E-state index contributed by atoms with van der Waals surface area (Å²) in [7, 11) is -4.32. The summed E-state index contributed by atoms with van der Waals surface area (Å²) < 4.78 is 51.9. The zero-order chi connectivity index (χ0) is 13.9. The van der Waals surface area contributed by atoms with Crippen molar-refractivity contribution in [2.45, 2.75) is 11.8 Å². The number of nitrogens with zero attached hydrogens (tertiary/aromatic N) is 1. The number of benzene rings is 1. The van der Waals surface area contributed by atoms with E-state index in [0.29, 0.717) is 0 Å². The molecule has 0 bridgehead atoms. The molecule has 1 rings (SSSR count). The second-order valence-corrected chi connectivity index (χ2v) is 5.41. The average Bonchev–Trinajstić information content (AvgIpc) is 2.23. The molecule has 3 N–H and O–H groups in total. The Labute approximate surface area is 104 Å². The zero-order valence-corrected chi connectivity index (χ0v) is 10.5. The number of nitrogen functional groups attached to an aromatic ring is 1. The molecule has 18 heavy (non-hydrogen) atoms. The third-order valence-corrected chi connectivity index (χ3v) is 4.35. The van der Waals surface area contributed by atoms with Gasteiger partial charge in [0.05, 0.1) is 6.61 Å². The van der Waals surface area contributed by atoms with Crippen molar-refractivity contribution < 1.29 is 22.3 Å². The quantitative estimate of drug-likeness (QED) is 0.772. The van der Waals surface area contributed by atoms with Crippen molar-refractivity contribution in [3.63, 3.8) is 0 Å². The van der Waals surface area contributed by atoms with Crippen molar-refractivity contribution in [3.8, 4) is 0 Å². The minimum absolute atomic E-state index is 0.00779. The fraction of sp³-hybridized carbons (Fsp3) is 0.400. The van der Waals surface area contributed by atoms with Gasteiger partial charge in [-0.3, -0.25) is 0 Å². The van der Waals surface area contributed by atoms with Crippen molar-refractivity contribution in [1.29, 1.82) is 0 Å². The number of hydrogen-bond donors (Lipinski definition) is 2. The van der Waals surface area contributed by atoms with Crippen LogP contribution in [0, 0.1) is 11.6 Å². The summed E-state index contributed by atoms with van der Waals surface area (Å²) in [4.78, 5) is -1.05. The van der Waals surface area contributed by atoms with Crippen molar-refractivity contribution in [2.75, 3.05) is 25.4 Å². The molecule has 0 aliphatic heterocycles. The van der Waals surface area contributed by atoms with Crippen LogP contribution in [0.5, 0.6) is 0 Å². The van der Waals surface area contributed by atoms with Crippen molar-refractivity contribution in [1.82, 2.24) is 4.31 Å². The van der Waals surface area contributed by atoms with Gasteiger partial charge in [-0.2, -0.15) is 4.31 Å². The molecule has 1 aromatic carbocycles. The van der Waals surface area contributed by atoms with Gasteiger partial charge in [0.1, 0.15) is 11.6 Å². The van der Waals surface area contributed by atoms with E-state index in [1.807, 2.05) is 0 Å². The monoisotopic (exact) mass is 280 g/mol. The van der Waals surface area contributed by atoms with E-state index in [1.54, 1.807) is 0 Å². The smallest absolute Gasteiger partial charge is 0.248 e. The van der Waals surface area contributed by atoms with Crippen LogP contribution in [0.3, 0.4) is 0 Å². The molecule has 0 aliphatic carbocycles. The van der Waals surface area contributed by atoms with E-state index in [0.717, 1.165) is 16.4 Å². The Bertz CT molecular complexity index is 511. The molecule has 0 heterocycles. The number of rotatable bonds is 5. The van der Waals surface area contributed by atoms with Crippen LogP contribution in [0.25, 0.3) is 0 Å². The molecule has 8 heteroatoms. The predicted molar refractivity (Wildman–Crippen MR) is 62.3 cm³/mol. The van der Waals surface area contributed by atoms with E-state index < -0.39 is 33.2 Å². The van der Waals surface area contributed by atoms with Crippen LogP contribution in [0.4, 0.5) is 14.5 Å². The van der Waals surface area contributed by atoms with Gasteiger partial charge in [-0.1, -0.05) is 6.92 Å². The lowest BCUT2D eigenvalue weighted by Crippen LogP contribution is -2.34. The maximum Gasteiger partial charge on any atom is 0.248 e. The second-order valence-electron chi connectivity index (χ2n) is 3.53. The van der Waals surface area contributed by atoms with E-state index >= 15 is 0 Å². The summed E-state index contributed by atoms with van der Waals surface area (Å²) in [6, 6.07) is 1.48. The number of hydrogen-bond acceptors (Lipinski definition) is 4. The summed E-state index contributed by atoms with van der Waals surface area (Å²) in [5.41, 5.74) is 5.01. The number of anilines is 1. The van der Waals surface area contributed by atoms with Crippen molar-refractivity contribution >= 4 is 15.7 Å². The first kappa shape index (κ1) is 14.8. The molecule has 0 atom stereocenters. The topological polar surface area (TPSA) is 83.6 Å². The number of halogens is 2. The van der Waals surface area contributed by atoms with Crippen LogP contribution in [-0.2, 0) is 10.0 Å². The minimum Gasteiger partial charge on any atom is -0.399 e. The Morgan fingerprint density at radius 2 is 1.83 bits per heavy atom. The lowest BCUT2D eigenvalue weighted by atomic mass is 10.3. The molecular weight excluding hydrogens is 266 g/mol. The van der Waals surface area contributed by atoms with Crippen LogP contribution in [-0.4, -0.2) is 37.5 Å². The zero-order valence-electron chi connectivity index (χ0n) is 9.73. The maximum atomic E-state index is 13.6. The normalized spacial score (nSPS) is 12.1. The number of aliphatic hydroxyl groups is 1. The standard InChI is InChI=1S/C10H14F2N2O3S/c1-2-14(3-4-15)18(16,17)10-8(11)5-7(13)6-9(10)12/h5-6,15H,2-4,13H2,1H3. The molecule has 0 saturated heterocycles. The Balaban J connectivity index is 3.36. The van der Waals surface area contributed by atoms with Gasteiger partial charge in [0.15, 0.2) is 4.90 Å². The van der Waals surface area contributed by atoms with Crippen LogP contribution in [0.15, 0.2) is 17.0 Å². The highest BCUT2D eigenvalue weighted by molar-refractivity contribution is 7.89. The molecule has 0 spiro atoms. The molecule has 0 aliphatic rings. The first-order chi connectivity index (χ1) is 8.34. The number of sulfonamides is 1. The van der Waals surface area contributed by atoms with Crippen molar-refractivity contribution in [3.05, 3.63) is 23.8 Å². The Morgan fingerprint density at radius 3 is 2.22 bits per heavy atom. The first-order valence-corrected chi connectivity index (χ1v) is 6.64. The molecule has 1 aromatic rings. The first-order valence-electron chi connectivity index (χ1n) is 5.20. The van der Waals surface area contributed by atoms with Gasteiger partial charge in [0.2, 0.25) is 10.0 Å². The second kappa shape index (κ2) is 5.59. The van der Waals surface area contributed by atoms with Crippen LogP contribution in [0.1, 0.15) is 6.92 Å². The van der Waals surface area contributed by atoms with Gasteiger partial charge in [0, 0.05) is 18.8 Å². The molecule has 102 valence electrons. The third-order valence-electron chi connectivity index (χ3n) is 2.32. The highest BCUT2D eigenvalue weighted by Gasteiger charge is 2.29. The third kappa shape index (κ3) is 2.77. The van der Waals surface area contributed by atoms with Gasteiger partial charge < -0.3 is 10.8 Å². The summed E-state index contributed by atoms with van der Waals surface area (Å²) >= 11 is 0. The van der Waals surface area contributed by atoms with Crippen LogP contribution >= 0.6 is 0 Å². The van der Waals surface area contributed by atoms with Gasteiger partial charge in [-0.15, -0.1) is 0 Å². The van der Waals surface area contributed by atoms with Gasteiger partial charge in [-0.05, 0) is 12.1 Å². The molecule has 0 unspecified atom stereocenters. The van der Waals surface area contributed by atoms with Crippen molar-refractivity contribution in [2.24, 2.45) is 0 Å². The van der Waals surface area contributed by atoms with E-state index in [9.17, 15) is 17.2 Å². The number of likely N-dealkylation sites (N-methyl/N-ethyl adjacent to an activating group) is 1. The summed E-state index contributed by atoms with van der Waals surface area (Å²) in [5, 5.41) is 8.75. The average molecular weight is 280 g/mol. The molecule has 0 amide bonds. The van der Waals surface area contributed by atoms with E-state index in [4.69, 9.17) is 10.8 Å². The molecule has 5 nitrogen and oxygen atoms in total. The van der Waals surface area contributed by atoms with E-state index in [-0.39, 0.29) is 18.8 Å². The highest BCUT2D eigenvalue weighted by Crippen LogP contribution is 2.24. The largest absolute Gasteiger partial charge is 0.399 e. The van der Waals surface area contributed by atoms with E-state index in [2.05, 4.69) is 0 Å². The number of nitrogens with two attached hydrogens (primary N) is 1. The summed E-state index contributed by atoms with van der Waals surface area (Å²) in [6.45, 7) is 0.819. The maximum absolute atomic E-state index is 13.6. The SMILES string of the molecule is CCN(CCO)S(=O)(=O)c1c(F)cc(N)cc1F. The van der Waals surface area contributed by atoms with E-state index in [1.165, 1.54) is 6.92 Å². The van der Waals surface area contributed by atoms with Crippen LogP contribution in [0.2, 0.25) is 0 Å². The van der Waals surface area contributed by atoms with Gasteiger partial charge >= 0.3 is 0 Å². The van der Waals surface area contributed by atoms with Crippen LogP contribution < -0.4 is 5.73 Å². The van der Waals surface area contributed by atoms with Gasteiger partial charge in [0.25, 0.3) is 0 Å². The summed E-state index contributed by atoms with van der Waals surface area (Å²) in [5.74, 6) is -2.49. The molecule has 0 radical (unpaired) electrons. The fourth-order valence-electron chi connectivity index (χ4n) is 1.51. The molecule has 0 saturated carbocycles. The molecule has 0 fully saturated rings. The summed E-state index contributed by atoms with van der Waals surface area (Å²) in [6.07, 6.45) is 0. The lowest BCUT2D eigenvalue weighted by Gasteiger charge is -2.20. The minimum atomic E-state index is -4.32. The molecular formula is C10H14F2N2O3S. The predicted octanol–water partition coefficient (Wildman–Crippen LogP) is 0.550. The van der Waals surface area contributed by atoms with Gasteiger partial charge in [-0.25, -0.2) is 17.2 Å². The highest BCUT2D eigenvalue weighted by atomic mass is 32.2. The number of aliphatic hydroxyl groups excluding tert-OH is 1. The molecule has 0 aromatic heterocycles. The Hall–Kier alpha value is -1.25. The Morgan fingerprint density at radius 1 is 1.33 bits per heavy atom.